The first-order valence-corrected chi connectivity index (χ1v) is 7.62. The summed E-state index contributed by atoms with van der Waals surface area (Å²) in [6, 6.07) is 0.741. The molecule has 2 aliphatic rings. The Hall–Kier alpha value is -0.160. The third-order valence-corrected chi connectivity index (χ3v) is 4.34. The van der Waals surface area contributed by atoms with Crippen molar-refractivity contribution in [2.45, 2.75) is 51.2 Å². The summed E-state index contributed by atoms with van der Waals surface area (Å²) in [7, 11) is 0. The average Bonchev–Trinajstić information content (AvgIpc) is 2.82. The average molecular weight is 255 g/mol. The molecule has 2 aliphatic heterocycles. The quantitative estimate of drug-likeness (QED) is 0.726. The predicted molar refractivity (Wildman–Crippen MR) is 74.5 cm³/mol. The summed E-state index contributed by atoms with van der Waals surface area (Å²) in [5.74, 6) is 0. The standard InChI is InChI=1S/C14H29N3O/c1-2-18-12-4-8-16-10-6-13(7-11-16)17-9-3-5-14(17)15/h13-14H,2-12,15H2,1H3/t14-/m1/s1. The van der Waals surface area contributed by atoms with Gasteiger partial charge in [-0.2, -0.15) is 0 Å². The summed E-state index contributed by atoms with van der Waals surface area (Å²) in [6.07, 6.45) is 6.57. The van der Waals surface area contributed by atoms with Crippen LogP contribution in [0.25, 0.3) is 0 Å². The molecule has 106 valence electrons. The van der Waals surface area contributed by atoms with Crippen molar-refractivity contribution in [3.63, 3.8) is 0 Å². The minimum absolute atomic E-state index is 0.333. The van der Waals surface area contributed by atoms with E-state index in [9.17, 15) is 0 Å². The van der Waals surface area contributed by atoms with Crippen molar-refractivity contribution in [2.24, 2.45) is 5.73 Å². The van der Waals surface area contributed by atoms with Crippen LogP contribution in [-0.2, 0) is 4.74 Å². The third-order valence-electron chi connectivity index (χ3n) is 4.34. The smallest absolute Gasteiger partial charge is 0.0574 e. The van der Waals surface area contributed by atoms with Gasteiger partial charge in [0.15, 0.2) is 0 Å². The zero-order valence-electron chi connectivity index (χ0n) is 11.8. The molecule has 2 fully saturated rings. The molecule has 4 nitrogen and oxygen atoms in total. The van der Waals surface area contributed by atoms with E-state index < -0.39 is 0 Å². The van der Waals surface area contributed by atoms with Crippen LogP contribution in [-0.4, -0.2) is 61.4 Å². The molecule has 2 N–H and O–H groups in total. The van der Waals surface area contributed by atoms with Crippen molar-refractivity contribution in [2.75, 3.05) is 39.4 Å². The molecule has 2 saturated heterocycles. The normalized spacial score (nSPS) is 28.0. The Morgan fingerprint density at radius 2 is 1.94 bits per heavy atom. The maximum absolute atomic E-state index is 6.15. The van der Waals surface area contributed by atoms with Crippen molar-refractivity contribution in [3.05, 3.63) is 0 Å². The van der Waals surface area contributed by atoms with Crippen molar-refractivity contribution in [1.29, 1.82) is 0 Å². The molecule has 1 atom stereocenters. The summed E-state index contributed by atoms with van der Waals surface area (Å²) in [5.41, 5.74) is 6.15. The van der Waals surface area contributed by atoms with E-state index in [1.54, 1.807) is 0 Å². The topological polar surface area (TPSA) is 41.7 Å². The number of likely N-dealkylation sites (tertiary alicyclic amines) is 2. The maximum Gasteiger partial charge on any atom is 0.0574 e. The molecule has 0 aromatic heterocycles. The Bertz CT molecular complexity index is 229. The molecule has 0 bridgehead atoms. The number of piperidine rings is 1. The van der Waals surface area contributed by atoms with Crippen LogP contribution in [0.5, 0.6) is 0 Å². The SMILES string of the molecule is CCOCCCN1CCC(N2CCC[C@@H]2N)CC1. The molecule has 0 aliphatic carbocycles. The highest BCUT2D eigenvalue weighted by molar-refractivity contribution is 4.85. The first-order chi connectivity index (χ1) is 8.81. The van der Waals surface area contributed by atoms with Gasteiger partial charge >= 0.3 is 0 Å². The van der Waals surface area contributed by atoms with Gasteiger partial charge in [-0.15, -0.1) is 0 Å². The van der Waals surface area contributed by atoms with Crippen LogP contribution in [0.1, 0.15) is 39.0 Å². The van der Waals surface area contributed by atoms with E-state index >= 15 is 0 Å². The lowest BCUT2D eigenvalue weighted by molar-refractivity contribution is 0.0884. The molecule has 4 heteroatoms. The van der Waals surface area contributed by atoms with Gasteiger partial charge < -0.3 is 15.4 Å². The largest absolute Gasteiger partial charge is 0.382 e. The van der Waals surface area contributed by atoms with E-state index in [0.29, 0.717) is 6.17 Å². The van der Waals surface area contributed by atoms with Crippen molar-refractivity contribution in [3.8, 4) is 0 Å². The van der Waals surface area contributed by atoms with Crippen molar-refractivity contribution < 1.29 is 4.74 Å². The molecule has 0 saturated carbocycles. The van der Waals surface area contributed by atoms with Crippen LogP contribution in [0.15, 0.2) is 0 Å². The van der Waals surface area contributed by atoms with E-state index in [1.807, 2.05) is 0 Å². The Kier molecular flexibility index (Phi) is 5.89. The fourth-order valence-electron chi connectivity index (χ4n) is 3.28. The fourth-order valence-corrected chi connectivity index (χ4v) is 3.28. The van der Waals surface area contributed by atoms with Crippen molar-refractivity contribution in [1.82, 2.24) is 9.80 Å². The summed E-state index contributed by atoms with van der Waals surface area (Å²) in [5, 5.41) is 0. The van der Waals surface area contributed by atoms with E-state index in [4.69, 9.17) is 10.5 Å². The second-order valence-electron chi connectivity index (χ2n) is 5.57. The first-order valence-electron chi connectivity index (χ1n) is 7.62. The third kappa shape index (κ3) is 3.92. The lowest BCUT2D eigenvalue weighted by Gasteiger charge is -2.38. The van der Waals surface area contributed by atoms with Gasteiger partial charge in [0.25, 0.3) is 0 Å². The number of nitrogens with two attached hydrogens (primary N) is 1. The molecule has 0 amide bonds. The lowest BCUT2D eigenvalue weighted by atomic mass is 10.0. The van der Waals surface area contributed by atoms with Crippen LogP contribution in [0, 0.1) is 0 Å². The van der Waals surface area contributed by atoms with Crippen LogP contribution in [0.3, 0.4) is 0 Å². The Labute approximate surface area is 111 Å². The van der Waals surface area contributed by atoms with E-state index in [-0.39, 0.29) is 0 Å². The highest BCUT2D eigenvalue weighted by Crippen LogP contribution is 2.23. The maximum atomic E-state index is 6.15. The number of hydrogen-bond acceptors (Lipinski definition) is 4. The van der Waals surface area contributed by atoms with Gasteiger partial charge in [-0.25, -0.2) is 0 Å². The highest BCUT2D eigenvalue weighted by Gasteiger charge is 2.30. The molecule has 0 unspecified atom stereocenters. The minimum Gasteiger partial charge on any atom is -0.382 e. The fraction of sp³-hybridized carbons (Fsp3) is 1.00. The van der Waals surface area contributed by atoms with Gasteiger partial charge in [-0.1, -0.05) is 0 Å². The molecule has 18 heavy (non-hydrogen) atoms. The van der Waals surface area contributed by atoms with Crippen LogP contribution in [0.4, 0.5) is 0 Å². The van der Waals surface area contributed by atoms with Gasteiger partial charge in [0.1, 0.15) is 0 Å². The predicted octanol–water partition coefficient (Wildman–Crippen LogP) is 1.26. The molecule has 0 spiro atoms. The zero-order valence-corrected chi connectivity index (χ0v) is 11.8. The molecular formula is C14H29N3O. The molecule has 0 aromatic rings. The summed E-state index contributed by atoms with van der Waals surface area (Å²) in [4.78, 5) is 5.12. The van der Waals surface area contributed by atoms with E-state index in [2.05, 4.69) is 16.7 Å². The number of hydrogen-bond donors (Lipinski definition) is 1. The van der Waals surface area contributed by atoms with Crippen LogP contribution < -0.4 is 5.73 Å². The first kappa shape index (κ1) is 14.3. The van der Waals surface area contributed by atoms with Gasteiger partial charge in [0, 0.05) is 32.3 Å². The Morgan fingerprint density at radius 3 is 2.56 bits per heavy atom. The zero-order chi connectivity index (χ0) is 12.8. The molecular weight excluding hydrogens is 226 g/mol. The number of ether oxygens (including phenoxy) is 1. The molecule has 0 radical (unpaired) electrons. The van der Waals surface area contributed by atoms with Gasteiger partial charge in [-0.3, -0.25) is 4.90 Å². The van der Waals surface area contributed by atoms with E-state index in [1.165, 1.54) is 58.3 Å². The summed E-state index contributed by atoms with van der Waals surface area (Å²) in [6.45, 7) is 8.70. The number of nitrogens with zero attached hydrogens (tertiary/aromatic N) is 2. The minimum atomic E-state index is 0.333. The van der Waals surface area contributed by atoms with Gasteiger partial charge in [0.05, 0.1) is 6.17 Å². The van der Waals surface area contributed by atoms with Gasteiger partial charge in [-0.05, 0) is 52.1 Å². The number of rotatable bonds is 6. The molecule has 2 rings (SSSR count). The van der Waals surface area contributed by atoms with Crippen molar-refractivity contribution >= 4 is 0 Å². The lowest BCUT2D eigenvalue weighted by Crippen LogP contribution is -2.49. The monoisotopic (exact) mass is 255 g/mol. The highest BCUT2D eigenvalue weighted by atomic mass is 16.5. The second kappa shape index (κ2) is 7.43. The Morgan fingerprint density at radius 1 is 1.17 bits per heavy atom. The van der Waals surface area contributed by atoms with Crippen LogP contribution >= 0.6 is 0 Å². The second-order valence-corrected chi connectivity index (χ2v) is 5.57. The Balaban J connectivity index is 1.62. The summed E-state index contributed by atoms with van der Waals surface area (Å²) < 4.78 is 5.39. The molecule has 2 heterocycles. The van der Waals surface area contributed by atoms with E-state index in [0.717, 1.165) is 19.3 Å². The van der Waals surface area contributed by atoms with Gasteiger partial charge in [0.2, 0.25) is 0 Å². The van der Waals surface area contributed by atoms with Crippen LogP contribution in [0.2, 0.25) is 0 Å². The summed E-state index contributed by atoms with van der Waals surface area (Å²) >= 11 is 0. The molecule has 0 aromatic carbocycles.